The molecule has 3 atom stereocenters. The van der Waals surface area contributed by atoms with Crippen molar-refractivity contribution in [3.8, 4) is 6.07 Å². The van der Waals surface area contributed by atoms with Crippen LogP contribution in [0.5, 0.6) is 0 Å². The Morgan fingerprint density at radius 2 is 2.00 bits per heavy atom. The van der Waals surface area contributed by atoms with E-state index in [9.17, 15) is 14.9 Å². The summed E-state index contributed by atoms with van der Waals surface area (Å²) in [4.78, 5) is 31.7. The number of aryl methyl sites for hydroxylation is 2. The molecule has 1 N–H and O–H groups in total. The average molecular weight is 495 g/mol. The van der Waals surface area contributed by atoms with E-state index in [0.29, 0.717) is 17.4 Å². The first kappa shape index (κ1) is 23.4. The van der Waals surface area contributed by atoms with Gasteiger partial charge < -0.3 is 5.32 Å². The molecule has 1 saturated heterocycles. The molecule has 1 aliphatic heterocycles. The first-order valence-corrected chi connectivity index (χ1v) is 13.0. The van der Waals surface area contributed by atoms with Gasteiger partial charge in [0, 0.05) is 30.9 Å². The van der Waals surface area contributed by atoms with E-state index in [1.54, 1.807) is 17.1 Å². The van der Waals surface area contributed by atoms with Gasteiger partial charge in [-0.15, -0.1) is 0 Å². The predicted octanol–water partition coefficient (Wildman–Crippen LogP) is 4.03. The van der Waals surface area contributed by atoms with Gasteiger partial charge in [0.2, 0.25) is 5.91 Å². The smallest absolute Gasteiger partial charge is 0.254 e. The number of amides is 2. The molecule has 8 nitrogen and oxygen atoms in total. The maximum Gasteiger partial charge on any atom is 0.254 e. The maximum atomic E-state index is 12.9. The first-order valence-electron chi connectivity index (χ1n) is 13.0. The second-order valence-electron chi connectivity index (χ2n) is 10.9. The number of hydrogen-bond donors (Lipinski definition) is 1. The molecule has 0 spiro atoms. The maximum absolute atomic E-state index is 12.9. The van der Waals surface area contributed by atoms with Gasteiger partial charge in [-0.05, 0) is 80.7 Å². The minimum absolute atomic E-state index is 0.0867. The molecule has 3 heterocycles. The van der Waals surface area contributed by atoms with Gasteiger partial charge in [0.1, 0.15) is 5.82 Å². The summed E-state index contributed by atoms with van der Waals surface area (Å²) in [6.45, 7) is 6.85. The zero-order valence-corrected chi connectivity index (χ0v) is 21.3. The normalized spacial score (nSPS) is 24.7. The quantitative estimate of drug-likeness (QED) is 0.557. The molecule has 0 bridgehead atoms. The van der Waals surface area contributed by atoms with Gasteiger partial charge in [-0.25, -0.2) is 4.98 Å². The van der Waals surface area contributed by atoms with Crippen molar-refractivity contribution in [3.63, 3.8) is 0 Å². The Hall–Kier alpha value is -3.99. The van der Waals surface area contributed by atoms with Crippen molar-refractivity contribution in [2.75, 3.05) is 11.4 Å². The fourth-order valence-corrected chi connectivity index (χ4v) is 5.81. The van der Waals surface area contributed by atoms with E-state index in [1.807, 2.05) is 50.1 Å². The van der Waals surface area contributed by atoms with Crippen LogP contribution in [0.25, 0.3) is 0 Å². The molecule has 37 heavy (non-hydrogen) atoms. The predicted molar refractivity (Wildman–Crippen MR) is 138 cm³/mol. The van der Waals surface area contributed by atoms with Crippen LogP contribution < -0.4 is 10.2 Å². The lowest BCUT2D eigenvalue weighted by molar-refractivity contribution is -0.118. The lowest BCUT2D eigenvalue weighted by Gasteiger charge is -2.36. The summed E-state index contributed by atoms with van der Waals surface area (Å²) in [6, 6.07) is 10.2. The van der Waals surface area contributed by atoms with E-state index in [-0.39, 0.29) is 29.8 Å². The van der Waals surface area contributed by atoms with E-state index in [0.717, 1.165) is 59.4 Å². The van der Waals surface area contributed by atoms with Crippen LogP contribution in [0, 0.1) is 37.0 Å². The number of benzene rings is 1. The third-order valence-corrected chi connectivity index (χ3v) is 8.29. The summed E-state index contributed by atoms with van der Waals surface area (Å²) in [6.07, 6.45) is 7.87. The molecule has 2 saturated carbocycles. The number of piperidine rings is 1. The van der Waals surface area contributed by atoms with Gasteiger partial charge in [-0.3, -0.25) is 19.2 Å². The van der Waals surface area contributed by atoms with E-state index < -0.39 is 0 Å². The molecule has 0 unspecified atom stereocenters. The van der Waals surface area contributed by atoms with Crippen LogP contribution in [-0.2, 0) is 4.79 Å². The topological polar surface area (TPSA) is 104 Å². The number of hydrogen-bond acceptors (Lipinski definition) is 5. The molecular weight excluding hydrogens is 464 g/mol. The van der Waals surface area contributed by atoms with Crippen molar-refractivity contribution in [2.24, 2.45) is 11.8 Å². The highest BCUT2D eigenvalue weighted by molar-refractivity contribution is 5.99. The number of aromatic nitrogens is 3. The summed E-state index contributed by atoms with van der Waals surface area (Å²) in [5.74, 6) is 1.79. The number of nitriles is 1. The highest BCUT2D eigenvalue weighted by Gasteiger charge is 2.52. The van der Waals surface area contributed by atoms with E-state index in [1.165, 1.54) is 0 Å². The molecular formula is C29H30N6O2. The molecule has 6 rings (SSSR count). The molecule has 2 amide bonds. The summed E-state index contributed by atoms with van der Waals surface area (Å²) in [5, 5.41) is 17.0. The highest BCUT2D eigenvalue weighted by Crippen LogP contribution is 2.47. The van der Waals surface area contributed by atoms with Crippen LogP contribution >= 0.6 is 0 Å². The zero-order chi connectivity index (χ0) is 25.8. The summed E-state index contributed by atoms with van der Waals surface area (Å²) < 4.78 is 1.78. The lowest BCUT2D eigenvalue weighted by Crippen LogP contribution is -2.43. The van der Waals surface area contributed by atoms with Crippen molar-refractivity contribution in [2.45, 2.75) is 58.0 Å². The molecule has 0 radical (unpaired) electrons. The molecule has 188 valence electrons. The Bertz CT molecular complexity index is 1450. The minimum atomic E-state index is -0.136. The van der Waals surface area contributed by atoms with Crippen LogP contribution in [0.2, 0.25) is 0 Å². The third-order valence-electron chi connectivity index (χ3n) is 8.29. The minimum Gasteiger partial charge on any atom is -0.349 e. The monoisotopic (exact) mass is 494 g/mol. The van der Waals surface area contributed by atoms with Gasteiger partial charge in [0.25, 0.3) is 5.91 Å². The van der Waals surface area contributed by atoms with E-state index in [4.69, 9.17) is 0 Å². The Kier molecular flexibility index (Phi) is 5.59. The second-order valence-corrected chi connectivity index (χ2v) is 10.9. The highest BCUT2D eigenvalue weighted by atomic mass is 16.2. The Labute approximate surface area is 216 Å². The van der Waals surface area contributed by atoms with Gasteiger partial charge in [0.15, 0.2) is 0 Å². The van der Waals surface area contributed by atoms with Crippen molar-refractivity contribution < 1.29 is 9.59 Å². The number of anilines is 1. The molecule has 3 aromatic rings. The van der Waals surface area contributed by atoms with Gasteiger partial charge in [-0.2, -0.15) is 10.4 Å². The van der Waals surface area contributed by atoms with Gasteiger partial charge >= 0.3 is 0 Å². The van der Waals surface area contributed by atoms with Crippen LogP contribution in [0.1, 0.15) is 76.3 Å². The first-order chi connectivity index (χ1) is 17.8. The average Bonchev–Trinajstić information content (AvgIpc) is 3.31. The molecule has 2 aromatic heterocycles. The number of carbonyl (C=O) groups is 2. The number of rotatable bonds is 6. The largest absolute Gasteiger partial charge is 0.349 e. The molecule has 2 aliphatic carbocycles. The Balaban J connectivity index is 1.08. The Morgan fingerprint density at radius 1 is 1.19 bits per heavy atom. The number of pyridine rings is 1. The van der Waals surface area contributed by atoms with Crippen LogP contribution in [0.3, 0.4) is 0 Å². The van der Waals surface area contributed by atoms with Crippen molar-refractivity contribution in [1.82, 2.24) is 20.1 Å². The third kappa shape index (κ3) is 4.18. The number of nitrogens with one attached hydrogen (secondary N) is 1. The van der Waals surface area contributed by atoms with Crippen molar-refractivity contribution in [3.05, 3.63) is 76.2 Å². The van der Waals surface area contributed by atoms with Crippen LogP contribution in [-0.4, -0.2) is 39.2 Å². The summed E-state index contributed by atoms with van der Waals surface area (Å²) in [5.41, 5.74) is 5.51. The fourth-order valence-electron chi connectivity index (χ4n) is 5.81. The van der Waals surface area contributed by atoms with Crippen molar-refractivity contribution in [1.29, 1.82) is 5.26 Å². The summed E-state index contributed by atoms with van der Waals surface area (Å²) >= 11 is 0. The zero-order valence-electron chi connectivity index (χ0n) is 21.3. The molecule has 3 fully saturated rings. The van der Waals surface area contributed by atoms with Gasteiger partial charge in [0.05, 0.1) is 29.4 Å². The lowest BCUT2D eigenvalue weighted by atomic mass is 9.74. The fraction of sp³-hybridized carbons (Fsp3) is 0.414. The van der Waals surface area contributed by atoms with Crippen LogP contribution in [0.15, 0.2) is 42.9 Å². The summed E-state index contributed by atoms with van der Waals surface area (Å²) in [7, 11) is 0. The SMILES string of the molecule is Cc1ccc(C#N)c(C2CC(NC(=O)c3cnn([C@H](C)c4cnc(N5C[C@H]6C[C@H]6C5=O)cc4C)c3)C2)c1. The second kappa shape index (κ2) is 8.84. The molecule has 8 heteroatoms. The van der Waals surface area contributed by atoms with Crippen LogP contribution in [0.4, 0.5) is 5.82 Å². The standard InChI is InChI=1S/C29H30N6O2/c1-16-4-5-19(11-30)24(6-16)20-8-23(9-20)33-28(36)22-12-32-35(15-22)18(3)26-13-31-27(7-17(26)2)34-14-21-10-25(21)29(34)37/h4-7,12-13,15,18,20-21,23,25H,8-10,14H2,1-3H3,(H,33,36)/t18-,20?,21-,23?,25-/m1/s1. The molecule has 3 aliphatic rings. The van der Waals surface area contributed by atoms with Gasteiger partial charge in [-0.1, -0.05) is 17.7 Å². The number of nitrogens with zero attached hydrogens (tertiary/aromatic N) is 5. The number of carbonyl (C=O) groups excluding carboxylic acids is 2. The Morgan fingerprint density at radius 3 is 2.70 bits per heavy atom. The number of fused-ring (bicyclic) bond motifs is 1. The van der Waals surface area contributed by atoms with E-state index >= 15 is 0 Å². The molecule has 1 aromatic carbocycles. The van der Waals surface area contributed by atoms with Crippen molar-refractivity contribution >= 4 is 17.6 Å². The van der Waals surface area contributed by atoms with E-state index in [2.05, 4.69) is 27.5 Å².